The molecule has 3 N–H and O–H groups in total. The highest BCUT2D eigenvalue weighted by Crippen LogP contribution is 2.34. The fourth-order valence-electron chi connectivity index (χ4n) is 3.57. The van der Waals surface area contributed by atoms with Crippen molar-refractivity contribution < 1.29 is 9.18 Å². The standard InChI is InChI=1S/C17H19FN6O/c18-13-5-6-14-15(21-8-20-14)12(13)7-19-17(25)11-3-1-10(2-4-11)16-22-9-23-24-16/h5-6,8-11H,1-4,7H2,(H,19,25)(H,20,21)(H,22,23,24). The Morgan fingerprint density at radius 2 is 2.08 bits per heavy atom. The maximum absolute atomic E-state index is 14.1. The molecule has 2 heterocycles. The molecule has 0 unspecified atom stereocenters. The lowest BCUT2D eigenvalue weighted by molar-refractivity contribution is -0.126. The second-order valence-corrected chi connectivity index (χ2v) is 6.46. The van der Waals surface area contributed by atoms with Crippen molar-refractivity contribution in [2.45, 2.75) is 38.1 Å². The summed E-state index contributed by atoms with van der Waals surface area (Å²) < 4.78 is 14.1. The normalized spacial score (nSPS) is 20.7. The Balaban J connectivity index is 1.36. The van der Waals surface area contributed by atoms with Crippen LogP contribution in [0.3, 0.4) is 0 Å². The lowest BCUT2D eigenvalue weighted by Gasteiger charge is -2.26. The van der Waals surface area contributed by atoms with Gasteiger partial charge in [-0.25, -0.2) is 14.4 Å². The number of aromatic nitrogens is 5. The fraction of sp³-hybridized carbons (Fsp3) is 0.412. The third kappa shape index (κ3) is 3.11. The van der Waals surface area contributed by atoms with Gasteiger partial charge in [0.25, 0.3) is 0 Å². The van der Waals surface area contributed by atoms with Gasteiger partial charge in [0.15, 0.2) is 0 Å². The minimum Gasteiger partial charge on any atom is -0.352 e. The summed E-state index contributed by atoms with van der Waals surface area (Å²) in [6, 6.07) is 3.04. The van der Waals surface area contributed by atoms with E-state index in [0.29, 0.717) is 17.0 Å². The van der Waals surface area contributed by atoms with Crippen molar-refractivity contribution in [3.63, 3.8) is 0 Å². The number of carbonyl (C=O) groups is 1. The van der Waals surface area contributed by atoms with E-state index in [1.807, 2.05) is 0 Å². The topological polar surface area (TPSA) is 99.3 Å². The number of benzene rings is 1. The zero-order valence-electron chi connectivity index (χ0n) is 13.6. The Bertz CT molecular complexity index is 867. The number of nitrogens with zero attached hydrogens (tertiary/aromatic N) is 3. The molecule has 0 spiro atoms. The summed E-state index contributed by atoms with van der Waals surface area (Å²) in [6.45, 7) is 0.148. The molecule has 3 aromatic rings. The number of hydrogen-bond acceptors (Lipinski definition) is 4. The molecule has 130 valence electrons. The molecule has 0 radical (unpaired) electrons. The van der Waals surface area contributed by atoms with Crippen molar-refractivity contribution in [2.75, 3.05) is 0 Å². The number of fused-ring (bicyclic) bond motifs is 1. The number of aromatic amines is 2. The molecular formula is C17H19FN6O. The van der Waals surface area contributed by atoms with Crippen molar-refractivity contribution in [1.82, 2.24) is 30.5 Å². The highest BCUT2D eigenvalue weighted by Gasteiger charge is 2.28. The molecule has 1 amide bonds. The molecule has 0 bridgehead atoms. The van der Waals surface area contributed by atoms with E-state index in [0.717, 1.165) is 37.0 Å². The van der Waals surface area contributed by atoms with E-state index < -0.39 is 0 Å². The van der Waals surface area contributed by atoms with Crippen molar-refractivity contribution in [1.29, 1.82) is 0 Å². The van der Waals surface area contributed by atoms with Gasteiger partial charge in [0, 0.05) is 23.9 Å². The van der Waals surface area contributed by atoms with E-state index in [1.54, 1.807) is 6.07 Å². The van der Waals surface area contributed by atoms with Gasteiger partial charge >= 0.3 is 0 Å². The first-order valence-electron chi connectivity index (χ1n) is 8.46. The molecule has 1 aromatic carbocycles. The summed E-state index contributed by atoms with van der Waals surface area (Å²) in [5.41, 5.74) is 1.75. The van der Waals surface area contributed by atoms with Crippen LogP contribution in [0.5, 0.6) is 0 Å². The average molecular weight is 342 g/mol. The number of hydrogen-bond donors (Lipinski definition) is 3. The van der Waals surface area contributed by atoms with Crippen molar-refractivity contribution in [3.05, 3.63) is 42.0 Å². The van der Waals surface area contributed by atoms with Crippen LogP contribution >= 0.6 is 0 Å². The second kappa shape index (κ2) is 6.62. The minimum atomic E-state index is -0.353. The van der Waals surface area contributed by atoms with E-state index in [-0.39, 0.29) is 24.2 Å². The molecule has 7 nitrogen and oxygen atoms in total. The summed E-state index contributed by atoms with van der Waals surface area (Å²) in [4.78, 5) is 23.8. The molecule has 1 saturated carbocycles. The third-order valence-corrected chi connectivity index (χ3v) is 5.00. The predicted molar refractivity (Wildman–Crippen MR) is 89.0 cm³/mol. The van der Waals surface area contributed by atoms with Crippen LogP contribution in [0.2, 0.25) is 0 Å². The molecule has 1 fully saturated rings. The Morgan fingerprint density at radius 3 is 2.84 bits per heavy atom. The van der Waals surface area contributed by atoms with Gasteiger partial charge in [-0.15, -0.1) is 0 Å². The zero-order chi connectivity index (χ0) is 17.2. The number of carbonyl (C=O) groups excluding carboxylic acids is 1. The maximum Gasteiger partial charge on any atom is 0.223 e. The van der Waals surface area contributed by atoms with Crippen LogP contribution in [0.15, 0.2) is 24.8 Å². The number of amides is 1. The Morgan fingerprint density at radius 1 is 1.24 bits per heavy atom. The zero-order valence-corrected chi connectivity index (χ0v) is 13.6. The van der Waals surface area contributed by atoms with E-state index in [1.165, 1.54) is 18.7 Å². The molecule has 0 aliphatic heterocycles. The molecule has 2 aromatic heterocycles. The Hall–Kier alpha value is -2.77. The summed E-state index contributed by atoms with van der Waals surface area (Å²) >= 11 is 0. The predicted octanol–water partition coefficient (Wildman–Crippen LogP) is 2.41. The van der Waals surface area contributed by atoms with Crippen LogP contribution in [-0.2, 0) is 11.3 Å². The van der Waals surface area contributed by atoms with Gasteiger partial charge in [0.1, 0.15) is 18.0 Å². The Kier molecular flexibility index (Phi) is 4.17. The molecule has 8 heteroatoms. The number of rotatable bonds is 4. The summed E-state index contributed by atoms with van der Waals surface area (Å²) in [5.74, 6) is 0.811. The average Bonchev–Trinajstić information content (AvgIpc) is 3.32. The van der Waals surface area contributed by atoms with Gasteiger partial charge in [-0.05, 0) is 37.8 Å². The van der Waals surface area contributed by atoms with Crippen LogP contribution in [0, 0.1) is 11.7 Å². The molecule has 1 aliphatic rings. The monoisotopic (exact) mass is 342 g/mol. The largest absolute Gasteiger partial charge is 0.352 e. The highest BCUT2D eigenvalue weighted by atomic mass is 19.1. The number of nitrogens with one attached hydrogen (secondary N) is 3. The molecule has 4 rings (SSSR count). The van der Waals surface area contributed by atoms with Crippen molar-refractivity contribution in [3.8, 4) is 0 Å². The second-order valence-electron chi connectivity index (χ2n) is 6.46. The lowest BCUT2D eigenvalue weighted by atomic mass is 9.81. The van der Waals surface area contributed by atoms with Gasteiger partial charge in [-0.2, -0.15) is 5.10 Å². The van der Waals surface area contributed by atoms with E-state index in [2.05, 4.69) is 30.5 Å². The third-order valence-electron chi connectivity index (χ3n) is 5.00. The van der Waals surface area contributed by atoms with E-state index >= 15 is 0 Å². The van der Waals surface area contributed by atoms with Gasteiger partial charge in [0.2, 0.25) is 5.91 Å². The first-order valence-corrected chi connectivity index (χ1v) is 8.46. The molecular weight excluding hydrogens is 323 g/mol. The molecule has 0 atom stereocenters. The SMILES string of the molecule is O=C(NCc1c(F)ccc2[nH]cnc12)C1CCC(c2ncn[nH]2)CC1. The first kappa shape index (κ1) is 15.7. The van der Waals surface area contributed by atoms with Crippen LogP contribution in [0.25, 0.3) is 11.0 Å². The van der Waals surface area contributed by atoms with Crippen molar-refractivity contribution in [2.24, 2.45) is 5.92 Å². The van der Waals surface area contributed by atoms with Crippen LogP contribution < -0.4 is 5.32 Å². The Labute approximate surface area is 143 Å². The van der Waals surface area contributed by atoms with Crippen LogP contribution in [0.4, 0.5) is 4.39 Å². The van der Waals surface area contributed by atoms with Crippen molar-refractivity contribution >= 4 is 16.9 Å². The lowest BCUT2D eigenvalue weighted by Crippen LogP contribution is -2.33. The summed E-state index contributed by atoms with van der Waals surface area (Å²) in [5, 5.41) is 9.66. The minimum absolute atomic E-state index is 0.0250. The smallest absolute Gasteiger partial charge is 0.223 e. The first-order chi connectivity index (χ1) is 12.2. The van der Waals surface area contributed by atoms with Gasteiger partial charge in [-0.1, -0.05) is 0 Å². The number of H-pyrrole nitrogens is 2. The van der Waals surface area contributed by atoms with Gasteiger partial charge in [0.05, 0.1) is 17.4 Å². The maximum atomic E-state index is 14.1. The molecule has 0 saturated heterocycles. The highest BCUT2D eigenvalue weighted by molar-refractivity contribution is 5.81. The van der Waals surface area contributed by atoms with E-state index in [9.17, 15) is 9.18 Å². The fourth-order valence-corrected chi connectivity index (χ4v) is 3.57. The molecule has 25 heavy (non-hydrogen) atoms. The van der Waals surface area contributed by atoms with Crippen LogP contribution in [-0.4, -0.2) is 31.1 Å². The molecule has 1 aliphatic carbocycles. The number of halogens is 1. The van der Waals surface area contributed by atoms with E-state index in [4.69, 9.17) is 0 Å². The van der Waals surface area contributed by atoms with Crippen LogP contribution in [0.1, 0.15) is 43.0 Å². The summed E-state index contributed by atoms with van der Waals surface area (Å²) in [7, 11) is 0. The summed E-state index contributed by atoms with van der Waals surface area (Å²) in [6.07, 6.45) is 6.43. The quantitative estimate of drug-likeness (QED) is 0.678. The van der Waals surface area contributed by atoms with Gasteiger partial charge in [-0.3, -0.25) is 9.89 Å². The van der Waals surface area contributed by atoms with Gasteiger partial charge < -0.3 is 10.3 Å². The number of imidazole rings is 1.